The lowest BCUT2D eigenvalue weighted by molar-refractivity contribution is 0.0939. The van der Waals surface area contributed by atoms with Gasteiger partial charge in [-0.3, -0.25) is 9.48 Å². The first-order valence-corrected chi connectivity index (χ1v) is 8.78. The SMILES string of the molecule is Cc1cccc(OCc2c(C(=O)NCc3c(C)nn(C)c3C)noc2C)c1. The number of nitrogens with zero attached hydrogens (tertiary/aromatic N) is 3. The van der Waals surface area contributed by atoms with Crippen LogP contribution in [0, 0.1) is 27.7 Å². The maximum absolute atomic E-state index is 12.6. The molecule has 1 amide bonds. The van der Waals surface area contributed by atoms with E-state index in [1.165, 1.54) is 0 Å². The predicted octanol–water partition coefficient (Wildman–Crippen LogP) is 3.15. The highest BCUT2D eigenvalue weighted by Crippen LogP contribution is 2.19. The highest BCUT2D eigenvalue weighted by molar-refractivity contribution is 5.93. The van der Waals surface area contributed by atoms with E-state index in [-0.39, 0.29) is 18.2 Å². The molecule has 0 aliphatic rings. The van der Waals surface area contributed by atoms with E-state index in [0.29, 0.717) is 17.9 Å². The molecular weight excluding hydrogens is 344 g/mol. The fraction of sp³-hybridized carbons (Fsp3) is 0.350. The van der Waals surface area contributed by atoms with Crippen molar-refractivity contribution in [2.24, 2.45) is 7.05 Å². The number of carbonyl (C=O) groups excluding carboxylic acids is 1. The third-order valence-corrected chi connectivity index (χ3v) is 4.66. The minimum Gasteiger partial charge on any atom is -0.489 e. The smallest absolute Gasteiger partial charge is 0.274 e. The van der Waals surface area contributed by atoms with Crippen molar-refractivity contribution in [3.63, 3.8) is 0 Å². The second-order valence-electron chi connectivity index (χ2n) is 6.63. The molecule has 0 saturated carbocycles. The molecule has 0 aliphatic heterocycles. The Kier molecular flexibility index (Phi) is 5.30. The van der Waals surface area contributed by atoms with Gasteiger partial charge < -0.3 is 14.6 Å². The molecule has 2 aromatic heterocycles. The van der Waals surface area contributed by atoms with Crippen LogP contribution in [0.3, 0.4) is 0 Å². The summed E-state index contributed by atoms with van der Waals surface area (Å²) in [5.74, 6) is 1.02. The first-order valence-electron chi connectivity index (χ1n) is 8.78. The summed E-state index contributed by atoms with van der Waals surface area (Å²) < 4.78 is 12.8. The van der Waals surface area contributed by atoms with E-state index in [0.717, 1.165) is 28.3 Å². The Morgan fingerprint density at radius 2 is 2.00 bits per heavy atom. The predicted molar refractivity (Wildman–Crippen MR) is 101 cm³/mol. The van der Waals surface area contributed by atoms with Crippen molar-refractivity contribution in [3.8, 4) is 5.75 Å². The zero-order valence-electron chi connectivity index (χ0n) is 16.3. The van der Waals surface area contributed by atoms with E-state index >= 15 is 0 Å². The fourth-order valence-corrected chi connectivity index (χ4v) is 2.93. The molecule has 0 aliphatic carbocycles. The molecule has 3 aromatic rings. The Morgan fingerprint density at radius 1 is 1.22 bits per heavy atom. The first-order chi connectivity index (χ1) is 12.9. The van der Waals surface area contributed by atoms with Gasteiger partial charge in [0.2, 0.25) is 0 Å². The molecule has 0 fully saturated rings. The summed E-state index contributed by atoms with van der Waals surface area (Å²) in [6.45, 7) is 8.27. The summed E-state index contributed by atoms with van der Waals surface area (Å²) in [7, 11) is 1.88. The zero-order valence-corrected chi connectivity index (χ0v) is 16.3. The van der Waals surface area contributed by atoms with Crippen molar-refractivity contribution < 1.29 is 14.1 Å². The summed E-state index contributed by atoms with van der Waals surface area (Å²) in [5.41, 5.74) is 4.92. The van der Waals surface area contributed by atoms with Crippen molar-refractivity contribution >= 4 is 5.91 Å². The zero-order chi connectivity index (χ0) is 19.6. The number of amides is 1. The minimum absolute atomic E-state index is 0.215. The highest BCUT2D eigenvalue weighted by atomic mass is 16.5. The molecule has 0 radical (unpaired) electrons. The summed E-state index contributed by atoms with van der Waals surface area (Å²) in [6.07, 6.45) is 0. The second kappa shape index (κ2) is 7.65. The number of aromatic nitrogens is 3. The highest BCUT2D eigenvalue weighted by Gasteiger charge is 2.21. The van der Waals surface area contributed by atoms with Gasteiger partial charge in [0.25, 0.3) is 5.91 Å². The van der Waals surface area contributed by atoms with Gasteiger partial charge in [0, 0.05) is 24.8 Å². The van der Waals surface area contributed by atoms with Crippen molar-refractivity contribution in [1.82, 2.24) is 20.3 Å². The topological polar surface area (TPSA) is 82.2 Å². The molecule has 7 heteroatoms. The van der Waals surface area contributed by atoms with Gasteiger partial charge in [-0.1, -0.05) is 17.3 Å². The summed E-state index contributed by atoms with van der Waals surface area (Å²) >= 11 is 0. The minimum atomic E-state index is -0.294. The molecule has 2 heterocycles. The van der Waals surface area contributed by atoms with E-state index in [1.807, 2.05) is 52.1 Å². The number of carbonyl (C=O) groups is 1. The molecule has 0 unspecified atom stereocenters. The van der Waals surface area contributed by atoms with E-state index < -0.39 is 0 Å². The van der Waals surface area contributed by atoms with E-state index in [4.69, 9.17) is 9.26 Å². The Bertz CT molecular complexity index is 972. The molecule has 0 bridgehead atoms. The van der Waals surface area contributed by atoms with Crippen LogP contribution in [0.4, 0.5) is 0 Å². The monoisotopic (exact) mass is 368 g/mol. The Hall–Kier alpha value is -3.09. The van der Waals surface area contributed by atoms with Gasteiger partial charge in [-0.05, 0) is 45.4 Å². The van der Waals surface area contributed by atoms with Gasteiger partial charge >= 0.3 is 0 Å². The largest absolute Gasteiger partial charge is 0.489 e. The molecule has 0 saturated heterocycles. The van der Waals surface area contributed by atoms with Gasteiger partial charge in [0.1, 0.15) is 18.1 Å². The maximum Gasteiger partial charge on any atom is 0.274 e. The lowest BCUT2D eigenvalue weighted by Gasteiger charge is -2.08. The number of rotatable bonds is 6. The molecule has 1 N–H and O–H groups in total. The van der Waals surface area contributed by atoms with Gasteiger partial charge in [0.15, 0.2) is 5.69 Å². The van der Waals surface area contributed by atoms with Crippen molar-refractivity contribution in [1.29, 1.82) is 0 Å². The van der Waals surface area contributed by atoms with Gasteiger partial charge in [-0.25, -0.2) is 0 Å². The molecule has 7 nitrogen and oxygen atoms in total. The molecular formula is C20H24N4O3. The number of hydrogen-bond donors (Lipinski definition) is 1. The van der Waals surface area contributed by atoms with Crippen LogP contribution in [0.2, 0.25) is 0 Å². The van der Waals surface area contributed by atoms with E-state index in [2.05, 4.69) is 15.6 Å². The van der Waals surface area contributed by atoms with Crippen LogP contribution in [-0.2, 0) is 20.2 Å². The van der Waals surface area contributed by atoms with E-state index in [1.54, 1.807) is 11.6 Å². The Labute approximate surface area is 158 Å². The average molecular weight is 368 g/mol. The Balaban J connectivity index is 1.70. The third-order valence-electron chi connectivity index (χ3n) is 4.66. The number of hydrogen-bond acceptors (Lipinski definition) is 5. The van der Waals surface area contributed by atoms with Crippen LogP contribution < -0.4 is 10.1 Å². The van der Waals surface area contributed by atoms with Crippen LogP contribution in [0.15, 0.2) is 28.8 Å². The lowest BCUT2D eigenvalue weighted by Crippen LogP contribution is -2.25. The average Bonchev–Trinajstić information content (AvgIpc) is 3.11. The second-order valence-corrected chi connectivity index (χ2v) is 6.63. The quantitative estimate of drug-likeness (QED) is 0.723. The van der Waals surface area contributed by atoms with Gasteiger partial charge in [-0.2, -0.15) is 5.10 Å². The number of benzene rings is 1. The van der Waals surface area contributed by atoms with Gasteiger partial charge in [0.05, 0.1) is 11.3 Å². The molecule has 27 heavy (non-hydrogen) atoms. The van der Waals surface area contributed by atoms with Crippen LogP contribution in [-0.4, -0.2) is 20.8 Å². The van der Waals surface area contributed by atoms with Crippen LogP contribution >= 0.6 is 0 Å². The van der Waals surface area contributed by atoms with Crippen molar-refractivity contribution in [2.75, 3.05) is 0 Å². The number of nitrogens with one attached hydrogen (secondary N) is 1. The third kappa shape index (κ3) is 4.02. The van der Waals surface area contributed by atoms with Crippen molar-refractivity contribution in [3.05, 3.63) is 63.8 Å². The van der Waals surface area contributed by atoms with Crippen LogP contribution in [0.25, 0.3) is 0 Å². The molecule has 1 aromatic carbocycles. The molecule has 0 spiro atoms. The number of aryl methyl sites for hydroxylation is 4. The normalized spacial score (nSPS) is 10.9. The van der Waals surface area contributed by atoms with Crippen LogP contribution in [0.1, 0.15) is 44.3 Å². The van der Waals surface area contributed by atoms with Crippen molar-refractivity contribution in [2.45, 2.75) is 40.8 Å². The summed E-state index contributed by atoms with van der Waals surface area (Å²) in [6, 6.07) is 7.75. The standard InChI is InChI=1S/C20H24N4O3/c1-12-7-6-8-16(9-12)26-11-18-15(4)27-23-19(18)20(25)21-10-17-13(2)22-24(5)14(17)3/h6-9H,10-11H2,1-5H3,(H,21,25). The van der Waals surface area contributed by atoms with Crippen LogP contribution in [0.5, 0.6) is 5.75 Å². The van der Waals surface area contributed by atoms with E-state index in [9.17, 15) is 4.79 Å². The summed E-state index contributed by atoms with van der Waals surface area (Å²) in [4.78, 5) is 12.6. The Morgan fingerprint density at radius 3 is 2.67 bits per heavy atom. The first kappa shape index (κ1) is 18.7. The fourth-order valence-electron chi connectivity index (χ4n) is 2.93. The maximum atomic E-state index is 12.6. The summed E-state index contributed by atoms with van der Waals surface area (Å²) in [5, 5.41) is 11.2. The number of ether oxygens (including phenoxy) is 1. The van der Waals surface area contributed by atoms with Gasteiger partial charge in [-0.15, -0.1) is 0 Å². The molecule has 142 valence electrons. The molecule has 3 rings (SSSR count). The molecule has 0 atom stereocenters. The lowest BCUT2D eigenvalue weighted by atomic mass is 10.1.